The van der Waals surface area contributed by atoms with Gasteiger partial charge in [0.05, 0.1) is 21.8 Å². The van der Waals surface area contributed by atoms with Gasteiger partial charge in [-0.25, -0.2) is 4.99 Å². The Morgan fingerprint density at radius 3 is 2.27 bits per heavy atom. The third kappa shape index (κ3) is 2.72. The van der Waals surface area contributed by atoms with Gasteiger partial charge in [0, 0.05) is 11.1 Å². The summed E-state index contributed by atoms with van der Waals surface area (Å²) in [7, 11) is 0. The molecule has 0 atom stereocenters. The van der Waals surface area contributed by atoms with Gasteiger partial charge in [0.1, 0.15) is 10.8 Å². The van der Waals surface area contributed by atoms with Gasteiger partial charge in [-0.2, -0.15) is 5.26 Å². The van der Waals surface area contributed by atoms with Gasteiger partial charge in [0.15, 0.2) is 22.9 Å². The lowest BCUT2D eigenvalue weighted by atomic mass is 9.82. The molecule has 6 nitrogen and oxygen atoms in total. The van der Waals surface area contributed by atoms with Gasteiger partial charge in [-0.3, -0.25) is 14.9 Å². The number of phenolic OH excluding ortho intramolecular Hbond substituents is 1. The Morgan fingerprint density at radius 2 is 1.73 bits per heavy atom. The highest BCUT2D eigenvalue weighted by molar-refractivity contribution is 8.13. The number of amidine groups is 1. The van der Waals surface area contributed by atoms with Crippen LogP contribution in [0.1, 0.15) is 31.8 Å². The van der Waals surface area contributed by atoms with E-state index in [0.29, 0.717) is 0 Å². The number of halogens is 2. The van der Waals surface area contributed by atoms with Gasteiger partial charge in [0.25, 0.3) is 0 Å². The van der Waals surface area contributed by atoms with Crippen molar-refractivity contribution in [3.8, 4) is 11.9 Å². The van der Waals surface area contributed by atoms with E-state index in [1.165, 1.54) is 12.1 Å². The summed E-state index contributed by atoms with van der Waals surface area (Å²) in [5, 5.41) is 21.2. The van der Waals surface area contributed by atoms with Crippen molar-refractivity contribution >= 4 is 57.4 Å². The fraction of sp³-hybridized carbons (Fsp3) is 0.0588. The molecule has 0 aliphatic heterocycles. The fourth-order valence-corrected chi connectivity index (χ4v) is 3.37. The van der Waals surface area contributed by atoms with Crippen molar-refractivity contribution in [3.63, 3.8) is 0 Å². The van der Waals surface area contributed by atoms with Crippen LogP contribution < -0.4 is 5.32 Å². The molecule has 9 heteroatoms. The van der Waals surface area contributed by atoms with Crippen LogP contribution in [-0.2, 0) is 0 Å². The number of nitriles is 1. The summed E-state index contributed by atoms with van der Waals surface area (Å²) in [6.45, 7) is 0. The average molecular weight is 406 g/mol. The third-order valence-corrected chi connectivity index (χ3v) is 5.18. The molecule has 0 saturated carbocycles. The maximum absolute atomic E-state index is 13.0. The van der Waals surface area contributed by atoms with E-state index in [2.05, 4.69) is 10.3 Å². The van der Waals surface area contributed by atoms with Crippen molar-refractivity contribution in [3.05, 3.63) is 56.6 Å². The number of fused-ring (bicyclic) bond motifs is 2. The van der Waals surface area contributed by atoms with E-state index in [4.69, 9.17) is 28.5 Å². The standard InChI is InChI=1S/C17H9Cl2N3O3S/c1-26-17(21-6-20)22-13-9-10(16(25)12(19)11(13)18)15(24)8-5-3-2-4-7(8)14(9)23/h2-5,25H,1H3,(H,21,22). The largest absolute Gasteiger partial charge is 0.506 e. The quantitative estimate of drug-likeness (QED) is 0.275. The number of hydrogen-bond acceptors (Lipinski definition) is 6. The third-order valence-electron chi connectivity index (χ3n) is 3.77. The highest BCUT2D eigenvalue weighted by Gasteiger charge is 2.37. The van der Waals surface area contributed by atoms with Crippen molar-refractivity contribution in [2.45, 2.75) is 0 Å². The Labute approximate surface area is 162 Å². The first-order chi connectivity index (χ1) is 12.4. The first-order valence-corrected chi connectivity index (χ1v) is 9.10. The van der Waals surface area contributed by atoms with E-state index in [9.17, 15) is 14.7 Å². The van der Waals surface area contributed by atoms with Crippen LogP contribution in [0.5, 0.6) is 5.75 Å². The van der Waals surface area contributed by atoms with E-state index in [-0.39, 0.29) is 43.2 Å². The monoisotopic (exact) mass is 405 g/mol. The summed E-state index contributed by atoms with van der Waals surface area (Å²) in [6, 6.07) is 6.24. The number of rotatable bonds is 1. The van der Waals surface area contributed by atoms with E-state index in [1.54, 1.807) is 24.6 Å². The molecule has 1 aliphatic rings. The summed E-state index contributed by atoms with van der Waals surface area (Å²) >= 11 is 13.4. The minimum Gasteiger partial charge on any atom is -0.506 e. The maximum Gasteiger partial charge on any atom is 0.198 e. The Balaban J connectivity index is 2.40. The molecule has 0 aromatic heterocycles. The Kier molecular flexibility index (Phi) is 4.92. The first kappa shape index (κ1) is 18.3. The first-order valence-electron chi connectivity index (χ1n) is 7.12. The summed E-state index contributed by atoms with van der Waals surface area (Å²) < 4.78 is 0. The van der Waals surface area contributed by atoms with E-state index >= 15 is 0 Å². The summed E-state index contributed by atoms with van der Waals surface area (Å²) in [6.07, 6.45) is 3.38. The lowest BCUT2D eigenvalue weighted by molar-refractivity contribution is 0.0977. The van der Waals surface area contributed by atoms with E-state index < -0.39 is 17.3 Å². The molecular formula is C17H9Cl2N3O3S. The van der Waals surface area contributed by atoms with Crippen molar-refractivity contribution in [1.29, 1.82) is 5.26 Å². The van der Waals surface area contributed by atoms with Crippen LogP contribution in [0.15, 0.2) is 29.3 Å². The number of carbonyl (C=O) groups excluding carboxylic acids is 2. The van der Waals surface area contributed by atoms with Crippen LogP contribution in [0.25, 0.3) is 0 Å². The molecule has 2 aromatic rings. The molecule has 3 rings (SSSR count). The smallest absolute Gasteiger partial charge is 0.198 e. The number of carbonyl (C=O) groups is 2. The highest BCUT2D eigenvalue weighted by Crippen LogP contribution is 2.48. The second-order valence-corrected chi connectivity index (χ2v) is 6.69. The zero-order valence-electron chi connectivity index (χ0n) is 13.1. The van der Waals surface area contributed by atoms with Gasteiger partial charge < -0.3 is 5.11 Å². The molecule has 0 amide bonds. The fourth-order valence-electron chi connectivity index (χ4n) is 2.63. The number of thioether (sulfide) groups is 1. The molecule has 26 heavy (non-hydrogen) atoms. The highest BCUT2D eigenvalue weighted by atomic mass is 35.5. The zero-order valence-corrected chi connectivity index (χ0v) is 15.5. The van der Waals surface area contributed by atoms with Crippen molar-refractivity contribution in [2.75, 3.05) is 6.26 Å². The minimum atomic E-state index is -0.572. The number of aliphatic imine (C=N–C) groups is 1. The molecule has 0 radical (unpaired) electrons. The van der Waals surface area contributed by atoms with Gasteiger partial charge in [-0.05, 0) is 6.26 Å². The topological polar surface area (TPSA) is 103 Å². The van der Waals surface area contributed by atoms with Crippen molar-refractivity contribution in [2.24, 2.45) is 4.99 Å². The lowest BCUT2D eigenvalue weighted by Gasteiger charge is -2.21. The SMILES string of the molecule is CSC(=Nc1c(Cl)c(Cl)c(O)c2c1C(=O)c1ccccc1C2=O)NC#N. The van der Waals surface area contributed by atoms with E-state index in [0.717, 1.165) is 11.8 Å². The molecule has 0 fully saturated rings. The molecule has 0 bridgehead atoms. The van der Waals surface area contributed by atoms with Gasteiger partial charge in [0.2, 0.25) is 0 Å². The Hall–Kier alpha value is -2.53. The van der Waals surface area contributed by atoms with Crippen LogP contribution in [0.3, 0.4) is 0 Å². The zero-order chi connectivity index (χ0) is 19.0. The lowest BCUT2D eigenvalue weighted by Crippen LogP contribution is -2.22. The Morgan fingerprint density at radius 1 is 1.15 bits per heavy atom. The predicted molar refractivity (Wildman–Crippen MR) is 101 cm³/mol. The molecule has 0 unspecified atom stereocenters. The number of aromatic hydroxyl groups is 1. The van der Waals surface area contributed by atoms with Crippen molar-refractivity contribution < 1.29 is 14.7 Å². The summed E-state index contributed by atoms with van der Waals surface area (Å²) in [4.78, 5) is 30.0. The molecule has 0 heterocycles. The van der Waals surface area contributed by atoms with Gasteiger partial charge in [-0.1, -0.05) is 59.2 Å². The molecule has 2 N–H and O–H groups in total. The predicted octanol–water partition coefficient (Wildman–Crippen LogP) is 3.90. The number of benzene rings is 2. The second kappa shape index (κ2) is 7.00. The van der Waals surface area contributed by atoms with Gasteiger partial charge >= 0.3 is 0 Å². The Bertz CT molecular complexity index is 1040. The summed E-state index contributed by atoms with van der Waals surface area (Å²) in [5.74, 6) is -1.64. The van der Waals surface area contributed by atoms with Crippen molar-refractivity contribution in [1.82, 2.24) is 5.32 Å². The van der Waals surface area contributed by atoms with Gasteiger partial charge in [-0.15, -0.1) is 0 Å². The van der Waals surface area contributed by atoms with Crippen LogP contribution in [0.4, 0.5) is 5.69 Å². The van der Waals surface area contributed by atoms with E-state index in [1.807, 2.05) is 0 Å². The molecular weight excluding hydrogens is 397 g/mol. The average Bonchev–Trinajstić information content (AvgIpc) is 2.65. The minimum absolute atomic E-state index is 0.0792. The number of nitrogens with one attached hydrogen (secondary N) is 1. The van der Waals surface area contributed by atoms with Crippen LogP contribution in [0, 0.1) is 11.5 Å². The number of nitrogens with zero attached hydrogens (tertiary/aromatic N) is 2. The maximum atomic E-state index is 13.0. The number of phenols is 1. The number of hydrogen-bond donors (Lipinski definition) is 2. The number of ketones is 2. The molecule has 0 saturated heterocycles. The van der Waals surface area contributed by atoms with Crippen LogP contribution in [-0.4, -0.2) is 28.1 Å². The second-order valence-electron chi connectivity index (χ2n) is 5.14. The summed E-state index contributed by atoms with van der Waals surface area (Å²) in [5.41, 5.74) is -0.136. The molecule has 130 valence electrons. The van der Waals surface area contributed by atoms with Crippen LogP contribution >= 0.6 is 35.0 Å². The molecule has 0 spiro atoms. The normalized spacial score (nSPS) is 13.1. The molecule has 2 aromatic carbocycles. The van der Waals surface area contributed by atoms with Crippen LogP contribution in [0.2, 0.25) is 10.0 Å². The molecule has 1 aliphatic carbocycles.